The van der Waals surface area contributed by atoms with Crippen LogP contribution in [0, 0.1) is 0 Å². The first kappa shape index (κ1) is 17.4. The maximum atomic E-state index is 12.5. The Morgan fingerprint density at radius 3 is 2.44 bits per heavy atom. The quantitative estimate of drug-likeness (QED) is 0.907. The first-order chi connectivity index (χ1) is 12.1. The minimum atomic E-state index is -0.00822. The zero-order valence-corrected chi connectivity index (χ0v) is 14.9. The zero-order valence-electron chi connectivity index (χ0n) is 14.9. The molecule has 6 heteroatoms. The number of benzene rings is 1. The van der Waals surface area contributed by atoms with E-state index in [9.17, 15) is 4.79 Å². The summed E-state index contributed by atoms with van der Waals surface area (Å²) in [6.45, 7) is 3.69. The maximum Gasteiger partial charge on any atom is 0.317 e. The van der Waals surface area contributed by atoms with E-state index in [-0.39, 0.29) is 12.1 Å². The van der Waals surface area contributed by atoms with Crippen molar-refractivity contribution in [1.82, 2.24) is 15.1 Å². The van der Waals surface area contributed by atoms with Gasteiger partial charge in [-0.1, -0.05) is 18.2 Å². The molecular formula is C19H26N4O2. The Labute approximate surface area is 149 Å². The van der Waals surface area contributed by atoms with Crippen LogP contribution in [0.5, 0.6) is 0 Å². The van der Waals surface area contributed by atoms with Gasteiger partial charge in [0, 0.05) is 38.4 Å². The van der Waals surface area contributed by atoms with Crippen LogP contribution in [0.15, 0.2) is 53.1 Å². The number of carbonyl (C=O) groups excluding carboxylic acids is 1. The van der Waals surface area contributed by atoms with Crippen molar-refractivity contribution in [2.45, 2.75) is 6.04 Å². The predicted molar refractivity (Wildman–Crippen MR) is 98.8 cm³/mol. The second-order valence-electron chi connectivity index (χ2n) is 6.49. The molecule has 25 heavy (non-hydrogen) atoms. The van der Waals surface area contributed by atoms with Gasteiger partial charge in [0.1, 0.15) is 5.76 Å². The van der Waals surface area contributed by atoms with Crippen LogP contribution in [-0.2, 0) is 0 Å². The largest absolute Gasteiger partial charge is 0.468 e. The molecule has 2 amide bonds. The number of nitrogens with zero attached hydrogens (tertiary/aromatic N) is 3. The second-order valence-corrected chi connectivity index (χ2v) is 6.49. The number of para-hydroxylation sites is 1. The van der Waals surface area contributed by atoms with E-state index in [0.29, 0.717) is 6.54 Å². The highest BCUT2D eigenvalue weighted by atomic mass is 16.3. The summed E-state index contributed by atoms with van der Waals surface area (Å²) in [6.07, 6.45) is 1.66. The standard InChI is InChI=1S/C19H26N4O2/c1-21(2)17(18-9-6-14-25-18)15-20-19(24)23-12-10-22(11-13-23)16-7-4-3-5-8-16/h3-9,14,17H,10-13,15H2,1-2H3,(H,20,24). The average Bonchev–Trinajstić information content (AvgIpc) is 3.16. The van der Waals surface area contributed by atoms with Crippen molar-refractivity contribution in [3.05, 3.63) is 54.5 Å². The summed E-state index contributed by atoms with van der Waals surface area (Å²) in [5.74, 6) is 0.860. The molecule has 1 atom stereocenters. The van der Waals surface area contributed by atoms with Gasteiger partial charge in [0.2, 0.25) is 0 Å². The fraction of sp³-hybridized carbons (Fsp3) is 0.421. The van der Waals surface area contributed by atoms with Crippen molar-refractivity contribution in [3.8, 4) is 0 Å². The summed E-state index contributed by atoms with van der Waals surface area (Å²) in [6, 6.07) is 14.2. The van der Waals surface area contributed by atoms with Crippen LogP contribution >= 0.6 is 0 Å². The van der Waals surface area contributed by atoms with Crippen LogP contribution in [0.4, 0.5) is 10.5 Å². The first-order valence-electron chi connectivity index (χ1n) is 8.68. The van der Waals surface area contributed by atoms with Crippen LogP contribution < -0.4 is 10.2 Å². The molecule has 2 heterocycles. The third-order valence-electron chi connectivity index (χ3n) is 4.63. The van der Waals surface area contributed by atoms with Gasteiger partial charge in [-0.2, -0.15) is 0 Å². The Balaban J connectivity index is 1.49. The molecule has 1 aliphatic rings. The highest BCUT2D eigenvalue weighted by Gasteiger charge is 2.23. The van der Waals surface area contributed by atoms with Gasteiger partial charge < -0.3 is 19.5 Å². The number of furan rings is 1. The molecule has 0 spiro atoms. The lowest BCUT2D eigenvalue weighted by atomic mass is 10.2. The Bertz CT molecular complexity index is 649. The number of rotatable bonds is 5. The molecule has 0 radical (unpaired) electrons. The topological polar surface area (TPSA) is 52.0 Å². The maximum absolute atomic E-state index is 12.5. The van der Waals surface area contributed by atoms with E-state index >= 15 is 0 Å². The van der Waals surface area contributed by atoms with Crippen LogP contribution in [0.1, 0.15) is 11.8 Å². The predicted octanol–water partition coefficient (Wildman–Crippen LogP) is 2.41. The summed E-state index contributed by atoms with van der Waals surface area (Å²) in [5.41, 5.74) is 1.22. The molecule has 3 rings (SSSR count). The second kappa shape index (κ2) is 8.07. The molecule has 1 aromatic heterocycles. The monoisotopic (exact) mass is 342 g/mol. The van der Waals surface area contributed by atoms with E-state index in [2.05, 4.69) is 22.3 Å². The van der Waals surface area contributed by atoms with Crippen molar-refractivity contribution in [3.63, 3.8) is 0 Å². The number of likely N-dealkylation sites (N-methyl/N-ethyl adjacent to an activating group) is 1. The molecule has 0 saturated carbocycles. The number of nitrogens with one attached hydrogen (secondary N) is 1. The third kappa shape index (κ3) is 4.33. The zero-order chi connectivity index (χ0) is 17.6. The van der Waals surface area contributed by atoms with Crippen LogP contribution in [0.2, 0.25) is 0 Å². The number of piperazine rings is 1. The number of hydrogen-bond acceptors (Lipinski definition) is 4. The molecule has 1 fully saturated rings. The summed E-state index contributed by atoms with van der Waals surface area (Å²) in [7, 11) is 3.97. The van der Waals surface area contributed by atoms with E-state index in [0.717, 1.165) is 31.9 Å². The lowest BCUT2D eigenvalue weighted by molar-refractivity contribution is 0.186. The van der Waals surface area contributed by atoms with E-state index in [1.165, 1.54) is 5.69 Å². The van der Waals surface area contributed by atoms with Crippen molar-refractivity contribution >= 4 is 11.7 Å². The van der Waals surface area contributed by atoms with Crippen molar-refractivity contribution in [2.75, 3.05) is 51.7 Å². The molecule has 0 bridgehead atoms. The van der Waals surface area contributed by atoms with Gasteiger partial charge in [-0.3, -0.25) is 4.90 Å². The Kier molecular flexibility index (Phi) is 5.60. The SMILES string of the molecule is CN(C)C(CNC(=O)N1CCN(c2ccccc2)CC1)c1ccco1. The van der Waals surface area contributed by atoms with Crippen LogP contribution in [-0.4, -0.2) is 62.7 Å². The minimum absolute atomic E-state index is 0.00822. The van der Waals surface area contributed by atoms with Crippen molar-refractivity contribution in [1.29, 1.82) is 0 Å². The molecule has 1 aromatic carbocycles. The summed E-state index contributed by atoms with van der Waals surface area (Å²) < 4.78 is 5.48. The molecular weight excluding hydrogens is 316 g/mol. The molecule has 0 aliphatic carbocycles. The molecule has 134 valence electrons. The van der Waals surface area contributed by atoms with E-state index in [4.69, 9.17) is 4.42 Å². The summed E-state index contributed by atoms with van der Waals surface area (Å²) in [4.78, 5) is 18.7. The lowest BCUT2D eigenvalue weighted by Crippen LogP contribution is -2.52. The lowest BCUT2D eigenvalue weighted by Gasteiger charge is -2.36. The first-order valence-corrected chi connectivity index (χ1v) is 8.68. The van der Waals surface area contributed by atoms with E-state index in [1.807, 2.05) is 54.2 Å². The molecule has 2 aromatic rings. The van der Waals surface area contributed by atoms with Gasteiger partial charge >= 0.3 is 6.03 Å². The number of amides is 2. The highest BCUT2D eigenvalue weighted by Crippen LogP contribution is 2.18. The van der Waals surface area contributed by atoms with Gasteiger partial charge in [-0.15, -0.1) is 0 Å². The van der Waals surface area contributed by atoms with Gasteiger partial charge in [-0.05, 0) is 38.4 Å². The van der Waals surface area contributed by atoms with E-state index < -0.39 is 0 Å². The smallest absolute Gasteiger partial charge is 0.317 e. The van der Waals surface area contributed by atoms with E-state index in [1.54, 1.807) is 6.26 Å². The fourth-order valence-electron chi connectivity index (χ4n) is 3.12. The number of hydrogen-bond donors (Lipinski definition) is 1. The molecule has 1 aliphatic heterocycles. The van der Waals surface area contributed by atoms with Gasteiger partial charge in [-0.25, -0.2) is 4.79 Å². The summed E-state index contributed by atoms with van der Waals surface area (Å²) in [5, 5.41) is 3.04. The number of urea groups is 1. The fourth-order valence-corrected chi connectivity index (χ4v) is 3.12. The summed E-state index contributed by atoms with van der Waals surface area (Å²) >= 11 is 0. The number of carbonyl (C=O) groups is 1. The Morgan fingerprint density at radius 1 is 1.12 bits per heavy atom. The molecule has 6 nitrogen and oxygen atoms in total. The van der Waals surface area contributed by atoms with Crippen LogP contribution in [0.3, 0.4) is 0 Å². The van der Waals surface area contributed by atoms with Gasteiger partial charge in [0.05, 0.1) is 12.3 Å². The molecule has 1 saturated heterocycles. The van der Waals surface area contributed by atoms with Gasteiger partial charge in [0.25, 0.3) is 0 Å². The molecule has 1 unspecified atom stereocenters. The normalized spacial score (nSPS) is 16.1. The molecule has 1 N–H and O–H groups in total. The van der Waals surface area contributed by atoms with Gasteiger partial charge in [0.15, 0.2) is 0 Å². The Morgan fingerprint density at radius 2 is 1.84 bits per heavy atom. The van der Waals surface area contributed by atoms with Crippen molar-refractivity contribution in [2.24, 2.45) is 0 Å². The van der Waals surface area contributed by atoms with Crippen LogP contribution in [0.25, 0.3) is 0 Å². The Hall–Kier alpha value is -2.47. The van der Waals surface area contributed by atoms with Crippen molar-refractivity contribution < 1.29 is 9.21 Å². The highest BCUT2D eigenvalue weighted by molar-refractivity contribution is 5.74. The number of anilines is 1. The average molecular weight is 342 g/mol. The third-order valence-corrected chi connectivity index (χ3v) is 4.63. The minimum Gasteiger partial charge on any atom is -0.468 e.